The zero-order valence-electron chi connectivity index (χ0n) is 37.8. The van der Waals surface area contributed by atoms with Crippen LogP contribution in [0.2, 0.25) is 0 Å². The van der Waals surface area contributed by atoms with E-state index in [0.29, 0.717) is 0 Å². The summed E-state index contributed by atoms with van der Waals surface area (Å²) in [6.45, 7) is 4.05. The van der Waals surface area contributed by atoms with Gasteiger partial charge in [0.25, 0.3) is 6.71 Å². The molecule has 6 heteroatoms. The molecule has 0 amide bonds. The normalized spacial score (nSPS) is 12.2. The van der Waals surface area contributed by atoms with Crippen LogP contribution in [0.4, 0.5) is 72.6 Å². The number of aryl methyl sites for hydroxylation is 2. The minimum atomic E-state index is -0.268. The van der Waals surface area contributed by atoms with E-state index in [-0.39, 0.29) is 12.5 Å². The lowest BCUT2D eigenvalue weighted by Gasteiger charge is -2.45. The van der Waals surface area contributed by atoms with Gasteiger partial charge >= 0.3 is 0 Å². The molecule has 12 rings (SSSR count). The van der Waals surface area contributed by atoms with Crippen LogP contribution in [0.5, 0.6) is 0 Å². The Balaban J connectivity index is 1.19. The molecular weight excluding hydrogens is 831 g/mol. The van der Waals surface area contributed by atoms with Gasteiger partial charge in [-0.15, -0.1) is 0 Å². The average Bonchev–Trinajstić information content (AvgIpc) is 3.38. The molecule has 0 N–H and O–H groups in total. The first-order chi connectivity index (χ1) is 33.5. The van der Waals surface area contributed by atoms with Gasteiger partial charge in [0.15, 0.2) is 0 Å². The molecule has 2 heterocycles. The molecule has 0 bridgehead atoms. The van der Waals surface area contributed by atoms with Crippen LogP contribution in [0, 0.1) is 19.7 Å². The van der Waals surface area contributed by atoms with E-state index in [0.717, 1.165) is 79.4 Å². The number of benzene rings is 10. The number of hydrogen-bond donors (Lipinski definition) is 0. The number of halogens is 1. The molecule has 324 valence electrons. The van der Waals surface area contributed by atoms with E-state index in [1.165, 1.54) is 33.6 Å². The van der Waals surface area contributed by atoms with Gasteiger partial charge in [0.05, 0.1) is 0 Å². The number of rotatable bonds is 9. The minimum Gasteiger partial charge on any atom is -0.311 e. The predicted octanol–water partition coefficient (Wildman–Crippen LogP) is 15.1. The van der Waals surface area contributed by atoms with Crippen molar-refractivity contribution in [1.82, 2.24) is 0 Å². The largest absolute Gasteiger partial charge is 0.311 e. The van der Waals surface area contributed by atoms with Crippen molar-refractivity contribution in [1.29, 1.82) is 0 Å². The summed E-state index contributed by atoms with van der Waals surface area (Å²) in [5.41, 5.74) is 20.4. The van der Waals surface area contributed by atoms with Gasteiger partial charge in [0.1, 0.15) is 5.82 Å². The lowest BCUT2D eigenvalue weighted by molar-refractivity contribution is 0.628. The van der Waals surface area contributed by atoms with Gasteiger partial charge in [-0.05, 0) is 175 Å². The van der Waals surface area contributed by atoms with Gasteiger partial charge in [-0.3, -0.25) is 0 Å². The van der Waals surface area contributed by atoms with Gasteiger partial charge in [-0.1, -0.05) is 120 Å². The fourth-order valence-corrected chi connectivity index (χ4v) is 10.2. The summed E-state index contributed by atoms with van der Waals surface area (Å²) < 4.78 is 15.3. The molecule has 0 fully saturated rings. The number of fused-ring (bicyclic) bond motifs is 4. The molecule has 4 nitrogen and oxygen atoms in total. The third-order valence-corrected chi connectivity index (χ3v) is 13.3. The minimum absolute atomic E-state index is 0.211. The zero-order valence-corrected chi connectivity index (χ0v) is 37.8. The average molecular weight is 877 g/mol. The third kappa shape index (κ3) is 7.18. The highest BCUT2D eigenvalue weighted by atomic mass is 19.1. The first kappa shape index (κ1) is 40.9. The van der Waals surface area contributed by atoms with E-state index < -0.39 is 0 Å². The zero-order chi connectivity index (χ0) is 45.7. The maximum absolute atomic E-state index is 15.3. The van der Waals surface area contributed by atoms with Crippen LogP contribution in [0.1, 0.15) is 11.1 Å². The summed E-state index contributed by atoms with van der Waals surface area (Å²) in [6, 6.07) is 85.6. The topological polar surface area (TPSA) is 13.0 Å². The van der Waals surface area contributed by atoms with Crippen molar-refractivity contribution in [2.45, 2.75) is 13.8 Å². The first-order valence-electron chi connectivity index (χ1n) is 23.2. The van der Waals surface area contributed by atoms with Crippen molar-refractivity contribution in [3.05, 3.63) is 260 Å². The number of hydrogen-bond acceptors (Lipinski definition) is 4. The Morgan fingerprint density at radius 1 is 0.338 bits per heavy atom. The Labute approximate surface area is 398 Å². The van der Waals surface area contributed by atoms with Gasteiger partial charge < -0.3 is 19.6 Å². The molecule has 2 aliphatic rings. The summed E-state index contributed by atoms with van der Waals surface area (Å²) >= 11 is 0. The van der Waals surface area contributed by atoms with E-state index >= 15 is 4.39 Å². The third-order valence-electron chi connectivity index (χ3n) is 13.3. The highest BCUT2D eigenvalue weighted by Crippen LogP contribution is 2.48. The van der Waals surface area contributed by atoms with Crippen LogP contribution in [0.15, 0.2) is 243 Å². The van der Waals surface area contributed by atoms with Crippen molar-refractivity contribution in [3.63, 3.8) is 0 Å². The molecule has 0 saturated carbocycles. The van der Waals surface area contributed by atoms with Crippen LogP contribution in [0.3, 0.4) is 0 Å². The molecule has 2 aliphatic heterocycles. The molecule has 10 aromatic carbocycles. The molecule has 0 saturated heterocycles. The lowest BCUT2D eigenvalue weighted by Crippen LogP contribution is -2.61. The quantitative estimate of drug-likeness (QED) is 0.134. The summed E-state index contributed by atoms with van der Waals surface area (Å²) in [5, 5.41) is 0. The summed E-state index contributed by atoms with van der Waals surface area (Å²) in [6.07, 6.45) is 0. The second kappa shape index (κ2) is 17.0. The molecule has 0 aromatic heterocycles. The van der Waals surface area contributed by atoms with E-state index in [9.17, 15) is 0 Å². The van der Waals surface area contributed by atoms with Crippen molar-refractivity contribution in [2.24, 2.45) is 0 Å². The van der Waals surface area contributed by atoms with Gasteiger partial charge in [-0.25, -0.2) is 4.39 Å². The predicted molar refractivity (Wildman–Crippen MR) is 285 cm³/mol. The highest BCUT2D eigenvalue weighted by molar-refractivity contribution is 7.00. The molecule has 68 heavy (non-hydrogen) atoms. The van der Waals surface area contributed by atoms with Gasteiger partial charge in [0.2, 0.25) is 0 Å². The summed E-state index contributed by atoms with van der Waals surface area (Å²) in [5.74, 6) is -0.268. The molecule has 0 aliphatic carbocycles. The van der Waals surface area contributed by atoms with Crippen LogP contribution >= 0.6 is 0 Å². The van der Waals surface area contributed by atoms with Crippen LogP contribution in [-0.4, -0.2) is 6.71 Å². The second-order valence-corrected chi connectivity index (χ2v) is 17.7. The SMILES string of the molecule is Cc1ccc(N2c3ccc(N(c4ccccc4)c4ccccc4)cc3B3c4cc(N(c5ccccc5)c5ccccc5)ccc4N(c4ccc(C)cc4)c4cc(-c5cccc(F)c5)cc2c43)cc1. The standard InChI is InChI=1S/C62H46BFN4/c1-43-26-30-52(31-27-43)67-58-36-34-54(65(48-18-7-3-8-19-48)49-20-9-4-10-21-49)41-56(58)63-57-42-55(66(50-22-11-5-12-23-50)51-24-13-6-14-25-51)35-37-59(57)68(53-32-28-44(2)29-33-53)61-40-46(39-60(67)62(61)63)45-16-15-17-47(64)38-45/h3-42H,1-2H3. The molecular formula is C62H46BFN4. The molecule has 0 radical (unpaired) electrons. The van der Waals surface area contributed by atoms with Crippen molar-refractivity contribution in [2.75, 3.05) is 19.6 Å². The van der Waals surface area contributed by atoms with E-state index in [4.69, 9.17) is 0 Å². The van der Waals surface area contributed by atoms with Crippen molar-refractivity contribution < 1.29 is 4.39 Å². The van der Waals surface area contributed by atoms with Crippen LogP contribution < -0.4 is 36.0 Å². The van der Waals surface area contributed by atoms with Crippen LogP contribution in [-0.2, 0) is 0 Å². The first-order valence-corrected chi connectivity index (χ1v) is 23.2. The summed E-state index contributed by atoms with van der Waals surface area (Å²) in [4.78, 5) is 9.56. The van der Waals surface area contributed by atoms with Crippen molar-refractivity contribution >= 4 is 91.3 Å². The number of anilines is 12. The molecule has 0 unspecified atom stereocenters. The summed E-state index contributed by atoms with van der Waals surface area (Å²) in [7, 11) is 0. The molecule has 10 aromatic rings. The Hall–Kier alpha value is -8.61. The Bertz CT molecular complexity index is 3160. The Morgan fingerprint density at radius 2 is 0.735 bits per heavy atom. The lowest BCUT2D eigenvalue weighted by atomic mass is 9.33. The molecule has 0 atom stereocenters. The maximum Gasteiger partial charge on any atom is 0.252 e. The number of nitrogens with zero attached hydrogens (tertiary/aromatic N) is 4. The smallest absolute Gasteiger partial charge is 0.252 e. The monoisotopic (exact) mass is 876 g/mol. The van der Waals surface area contributed by atoms with Gasteiger partial charge in [0, 0.05) is 68.2 Å². The fourth-order valence-electron chi connectivity index (χ4n) is 10.2. The second-order valence-electron chi connectivity index (χ2n) is 17.7. The maximum atomic E-state index is 15.3. The molecule has 0 spiro atoms. The Morgan fingerprint density at radius 3 is 1.12 bits per heavy atom. The van der Waals surface area contributed by atoms with E-state index in [1.807, 2.05) is 6.07 Å². The fraction of sp³-hybridized carbons (Fsp3) is 0.0323. The van der Waals surface area contributed by atoms with E-state index in [2.05, 4.69) is 252 Å². The highest BCUT2D eigenvalue weighted by Gasteiger charge is 2.44. The van der Waals surface area contributed by atoms with Crippen molar-refractivity contribution in [3.8, 4) is 11.1 Å². The van der Waals surface area contributed by atoms with Crippen LogP contribution in [0.25, 0.3) is 11.1 Å². The van der Waals surface area contributed by atoms with E-state index in [1.54, 1.807) is 12.1 Å². The number of para-hydroxylation sites is 4. The van der Waals surface area contributed by atoms with Gasteiger partial charge in [-0.2, -0.15) is 0 Å². The Kier molecular flexibility index (Phi) is 10.2.